The van der Waals surface area contributed by atoms with Gasteiger partial charge in [-0.15, -0.1) is 0 Å². The summed E-state index contributed by atoms with van der Waals surface area (Å²) in [5.74, 6) is -0.927. The van der Waals surface area contributed by atoms with E-state index in [1.807, 2.05) is 6.92 Å². The molecule has 0 radical (unpaired) electrons. The molecule has 0 saturated carbocycles. The van der Waals surface area contributed by atoms with Crippen LogP contribution in [0.25, 0.3) is 0 Å². The van der Waals surface area contributed by atoms with Gasteiger partial charge in [-0.05, 0) is 50.4 Å². The van der Waals surface area contributed by atoms with Crippen molar-refractivity contribution < 1.29 is 8.78 Å². The second-order valence-corrected chi connectivity index (χ2v) is 4.53. The molecular weight excluding hydrogens is 220 g/mol. The van der Waals surface area contributed by atoms with Gasteiger partial charge in [0, 0.05) is 5.56 Å². The second-order valence-electron chi connectivity index (χ2n) is 4.53. The highest BCUT2D eigenvalue weighted by atomic mass is 19.1. The summed E-state index contributed by atoms with van der Waals surface area (Å²) in [5, 5.41) is 3.24. The van der Waals surface area contributed by atoms with Gasteiger partial charge in [0.1, 0.15) is 11.6 Å². The first-order chi connectivity index (χ1) is 8.07. The molecule has 0 aliphatic rings. The largest absolute Gasteiger partial charge is 0.317 e. The molecule has 0 heterocycles. The van der Waals surface area contributed by atoms with Gasteiger partial charge in [-0.1, -0.05) is 19.9 Å². The third-order valence-corrected chi connectivity index (χ3v) is 2.99. The van der Waals surface area contributed by atoms with Gasteiger partial charge in [0.15, 0.2) is 0 Å². The van der Waals surface area contributed by atoms with Crippen LogP contribution in [0.3, 0.4) is 0 Å². The Morgan fingerprint density at radius 1 is 1.24 bits per heavy atom. The van der Waals surface area contributed by atoms with Crippen molar-refractivity contribution in [3.05, 3.63) is 34.9 Å². The molecule has 0 aliphatic carbocycles. The Balaban J connectivity index is 2.68. The molecule has 1 unspecified atom stereocenters. The van der Waals surface area contributed by atoms with Crippen LogP contribution in [0.5, 0.6) is 0 Å². The van der Waals surface area contributed by atoms with Crippen molar-refractivity contribution in [1.29, 1.82) is 0 Å². The second kappa shape index (κ2) is 6.70. The minimum atomic E-state index is -0.434. The lowest BCUT2D eigenvalue weighted by molar-refractivity contribution is 0.506. The summed E-state index contributed by atoms with van der Waals surface area (Å²) in [6, 6.07) is 2.83. The smallest absolute Gasteiger partial charge is 0.132 e. The molecule has 3 heteroatoms. The van der Waals surface area contributed by atoms with Crippen LogP contribution in [0.2, 0.25) is 0 Å². The first kappa shape index (κ1) is 14.1. The van der Waals surface area contributed by atoms with Crippen LogP contribution in [0, 0.1) is 18.6 Å². The Hall–Kier alpha value is -0.960. The predicted octanol–water partition coefficient (Wildman–Crippen LogP) is 3.77. The molecule has 0 amide bonds. The summed E-state index contributed by atoms with van der Waals surface area (Å²) < 4.78 is 27.4. The van der Waals surface area contributed by atoms with Gasteiger partial charge >= 0.3 is 0 Å². The van der Waals surface area contributed by atoms with E-state index in [4.69, 9.17) is 0 Å². The molecule has 0 aliphatic heterocycles. The number of benzene rings is 1. The van der Waals surface area contributed by atoms with Crippen molar-refractivity contribution in [3.8, 4) is 0 Å². The summed E-state index contributed by atoms with van der Waals surface area (Å²) in [7, 11) is 0. The van der Waals surface area contributed by atoms with E-state index in [0.717, 1.165) is 25.9 Å². The molecular formula is C14H21F2N. The Morgan fingerprint density at radius 2 is 1.94 bits per heavy atom. The minimum Gasteiger partial charge on any atom is -0.317 e. The number of halogens is 2. The molecule has 0 saturated heterocycles. The third kappa shape index (κ3) is 3.77. The maximum absolute atomic E-state index is 13.8. The maximum atomic E-state index is 13.8. The van der Waals surface area contributed by atoms with Crippen LogP contribution in [0.15, 0.2) is 12.1 Å². The van der Waals surface area contributed by atoms with Gasteiger partial charge < -0.3 is 5.32 Å². The van der Waals surface area contributed by atoms with Gasteiger partial charge in [-0.2, -0.15) is 0 Å². The molecule has 0 bridgehead atoms. The molecule has 1 aromatic carbocycles. The Labute approximate surface area is 102 Å². The molecule has 1 atom stereocenters. The van der Waals surface area contributed by atoms with Crippen molar-refractivity contribution in [3.63, 3.8) is 0 Å². The van der Waals surface area contributed by atoms with Crippen LogP contribution >= 0.6 is 0 Å². The number of rotatable bonds is 6. The fraction of sp³-hybridized carbons (Fsp3) is 0.571. The van der Waals surface area contributed by atoms with E-state index in [1.54, 1.807) is 6.92 Å². The van der Waals surface area contributed by atoms with E-state index in [1.165, 1.54) is 12.1 Å². The molecule has 1 nitrogen and oxygen atoms in total. The van der Waals surface area contributed by atoms with Gasteiger partial charge in [0.25, 0.3) is 0 Å². The van der Waals surface area contributed by atoms with Crippen LogP contribution in [-0.4, -0.2) is 13.1 Å². The summed E-state index contributed by atoms with van der Waals surface area (Å²) >= 11 is 0. The molecule has 1 N–H and O–H groups in total. The standard InChI is InChI=1S/C14H21F2N/c1-4-8-17-9-7-10(2)13-12(15)6-5-11(3)14(13)16/h5-6,10,17H,4,7-9H2,1-3H3. The molecule has 0 aromatic heterocycles. The average Bonchev–Trinajstić information content (AvgIpc) is 2.30. The van der Waals surface area contributed by atoms with Gasteiger partial charge in [-0.3, -0.25) is 0 Å². The maximum Gasteiger partial charge on any atom is 0.132 e. The van der Waals surface area contributed by atoms with E-state index in [-0.39, 0.29) is 11.5 Å². The number of hydrogen-bond donors (Lipinski definition) is 1. The quantitative estimate of drug-likeness (QED) is 0.748. The first-order valence-corrected chi connectivity index (χ1v) is 6.23. The predicted molar refractivity (Wildman–Crippen MR) is 67.3 cm³/mol. The van der Waals surface area contributed by atoms with E-state index in [9.17, 15) is 8.78 Å². The lowest BCUT2D eigenvalue weighted by Crippen LogP contribution is -2.18. The highest BCUT2D eigenvalue weighted by Crippen LogP contribution is 2.26. The van der Waals surface area contributed by atoms with E-state index < -0.39 is 11.6 Å². The zero-order valence-electron chi connectivity index (χ0n) is 10.8. The number of nitrogens with one attached hydrogen (secondary N) is 1. The van der Waals surface area contributed by atoms with Crippen molar-refractivity contribution in [2.24, 2.45) is 0 Å². The van der Waals surface area contributed by atoms with E-state index >= 15 is 0 Å². The van der Waals surface area contributed by atoms with Crippen molar-refractivity contribution in [1.82, 2.24) is 5.32 Å². The molecule has 1 aromatic rings. The molecule has 17 heavy (non-hydrogen) atoms. The number of hydrogen-bond acceptors (Lipinski definition) is 1. The molecule has 0 fully saturated rings. The van der Waals surface area contributed by atoms with Crippen molar-refractivity contribution in [2.45, 2.75) is 39.5 Å². The Bertz CT molecular complexity index is 363. The monoisotopic (exact) mass is 241 g/mol. The lowest BCUT2D eigenvalue weighted by atomic mass is 9.95. The van der Waals surface area contributed by atoms with E-state index in [2.05, 4.69) is 12.2 Å². The van der Waals surface area contributed by atoms with Crippen molar-refractivity contribution >= 4 is 0 Å². The van der Waals surface area contributed by atoms with Crippen LogP contribution in [0.1, 0.15) is 43.7 Å². The van der Waals surface area contributed by atoms with Gasteiger partial charge in [-0.25, -0.2) is 8.78 Å². The highest BCUT2D eigenvalue weighted by molar-refractivity contribution is 5.29. The number of aryl methyl sites for hydroxylation is 1. The zero-order valence-corrected chi connectivity index (χ0v) is 10.8. The Morgan fingerprint density at radius 3 is 2.59 bits per heavy atom. The molecule has 1 rings (SSSR count). The molecule has 96 valence electrons. The minimum absolute atomic E-state index is 0.0979. The van der Waals surface area contributed by atoms with E-state index in [0.29, 0.717) is 5.56 Å². The Kier molecular flexibility index (Phi) is 5.56. The van der Waals surface area contributed by atoms with Crippen LogP contribution in [-0.2, 0) is 0 Å². The summed E-state index contributed by atoms with van der Waals surface area (Å²) in [5.41, 5.74) is 0.734. The topological polar surface area (TPSA) is 12.0 Å². The average molecular weight is 241 g/mol. The SMILES string of the molecule is CCCNCCC(C)c1c(F)ccc(C)c1F. The van der Waals surface area contributed by atoms with Crippen LogP contribution < -0.4 is 5.32 Å². The van der Waals surface area contributed by atoms with Crippen molar-refractivity contribution in [2.75, 3.05) is 13.1 Å². The fourth-order valence-electron chi connectivity index (χ4n) is 1.89. The fourth-order valence-corrected chi connectivity index (χ4v) is 1.89. The highest BCUT2D eigenvalue weighted by Gasteiger charge is 2.17. The van der Waals surface area contributed by atoms with Gasteiger partial charge in [0.05, 0.1) is 0 Å². The summed E-state index contributed by atoms with van der Waals surface area (Å²) in [4.78, 5) is 0. The summed E-state index contributed by atoms with van der Waals surface area (Å²) in [6.45, 7) is 7.37. The third-order valence-electron chi connectivity index (χ3n) is 2.99. The normalized spacial score (nSPS) is 12.8. The molecule has 0 spiro atoms. The first-order valence-electron chi connectivity index (χ1n) is 6.23. The zero-order chi connectivity index (χ0) is 12.8. The van der Waals surface area contributed by atoms with Crippen LogP contribution in [0.4, 0.5) is 8.78 Å². The lowest BCUT2D eigenvalue weighted by Gasteiger charge is -2.15. The summed E-state index contributed by atoms with van der Waals surface area (Å²) in [6.07, 6.45) is 1.82. The van der Waals surface area contributed by atoms with Gasteiger partial charge in [0.2, 0.25) is 0 Å².